The van der Waals surface area contributed by atoms with Gasteiger partial charge in [0.1, 0.15) is 0 Å². The smallest absolute Gasteiger partial charge is 0.858 e. The van der Waals surface area contributed by atoms with Gasteiger partial charge in [-0.05, 0) is 36.0 Å². The fraction of sp³-hybridized carbons (Fsp3) is 0. The summed E-state index contributed by atoms with van der Waals surface area (Å²) in [6.07, 6.45) is 0. The molecular formula is C18H10CaN2O8S2. The van der Waals surface area contributed by atoms with Crippen molar-refractivity contribution < 1.29 is 36.2 Å². The van der Waals surface area contributed by atoms with Gasteiger partial charge in [-0.3, -0.25) is 19.1 Å². The maximum atomic E-state index is 12.5. The Morgan fingerprint density at radius 3 is 1.16 bits per heavy atom. The molecule has 2 aromatic rings. The summed E-state index contributed by atoms with van der Waals surface area (Å²) in [5.41, 5.74) is 0.437. The fourth-order valence-electron chi connectivity index (χ4n) is 3.07. The van der Waals surface area contributed by atoms with Crippen LogP contribution in [0.25, 0.3) is 0 Å². The van der Waals surface area contributed by atoms with E-state index in [4.69, 9.17) is 9.11 Å². The maximum Gasteiger partial charge on any atom is 2.00 e. The standard InChI is InChI=1S/C18H12N2O8S2.Ca/c21-17-13-14(16(20-17)10-3-7-12(8-4-10)30(26,27)28)18(22)19-15(13)9-1-5-11(6-2-9)29(23,24)25;/h1-8H,(H,19,22)(H,20,21)(H,23,24,25)(H,26,27,28);/q;+2/p-2. The molecule has 13 heteroatoms. The van der Waals surface area contributed by atoms with Gasteiger partial charge in [-0.2, -0.15) is 16.8 Å². The third-order valence-electron chi connectivity index (χ3n) is 4.43. The molecule has 4 rings (SSSR count). The van der Waals surface area contributed by atoms with E-state index in [0.29, 0.717) is 0 Å². The molecule has 0 radical (unpaired) electrons. The largest absolute Gasteiger partial charge is 2.00 e. The SMILES string of the molecule is O=S(=O)(O)c1ccc(C2=NC([O-])=C3C(c4ccc(S(=O)(=O)O)cc4)=NC([O-])=C23)cc1.[Ca+2]. The second-order valence-corrected chi connectivity index (χ2v) is 9.12. The van der Waals surface area contributed by atoms with Crippen LogP contribution in [0.3, 0.4) is 0 Å². The van der Waals surface area contributed by atoms with Gasteiger partial charge in [-0.25, -0.2) is 0 Å². The molecule has 2 heterocycles. The second kappa shape index (κ2) is 8.13. The summed E-state index contributed by atoms with van der Waals surface area (Å²) in [5, 5.41) is 24.9. The first-order valence-electron chi connectivity index (χ1n) is 8.14. The number of hydrogen-bond donors (Lipinski definition) is 2. The van der Waals surface area contributed by atoms with E-state index in [1.165, 1.54) is 24.3 Å². The zero-order chi connectivity index (χ0) is 21.8. The van der Waals surface area contributed by atoms with E-state index in [2.05, 4.69) is 9.98 Å². The van der Waals surface area contributed by atoms with Gasteiger partial charge in [0.15, 0.2) is 0 Å². The number of hydrogen-bond acceptors (Lipinski definition) is 8. The summed E-state index contributed by atoms with van der Waals surface area (Å²) >= 11 is 0. The van der Waals surface area contributed by atoms with E-state index in [0.717, 1.165) is 24.3 Å². The first-order chi connectivity index (χ1) is 14.0. The molecule has 154 valence electrons. The van der Waals surface area contributed by atoms with Crippen LogP contribution in [0.4, 0.5) is 0 Å². The van der Waals surface area contributed by atoms with Gasteiger partial charge in [0.2, 0.25) is 0 Å². The molecule has 0 saturated carbocycles. The predicted octanol–water partition coefficient (Wildman–Crippen LogP) is -0.751. The zero-order valence-corrected chi connectivity index (χ0v) is 19.2. The number of allylic oxidation sites excluding steroid dienone is 2. The third kappa shape index (κ3) is 4.32. The molecule has 0 aromatic heterocycles. The molecule has 0 fully saturated rings. The van der Waals surface area contributed by atoms with Crippen LogP contribution in [0.2, 0.25) is 0 Å². The topological polar surface area (TPSA) is 180 Å². The zero-order valence-electron chi connectivity index (χ0n) is 15.4. The molecule has 0 unspecified atom stereocenters. The molecule has 31 heavy (non-hydrogen) atoms. The van der Waals surface area contributed by atoms with Gasteiger partial charge in [0.25, 0.3) is 20.2 Å². The Bertz CT molecular complexity index is 1310. The quantitative estimate of drug-likeness (QED) is 0.418. The van der Waals surface area contributed by atoms with Crippen molar-refractivity contribution in [3.05, 3.63) is 82.6 Å². The number of aliphatic imine (C=N–C) groups is 2. The van der Waals surface area contributed by atoms with Crippen molar-refractivity contribution in [3.8, 4) is 0 Å². The first kappa shape index (κ1) is 23.6. The minimum Gasteiger partial charge on any atom is -0.858 e. The van der Waals surface area contributed by atoms with Crippen molar-refractivity contribution in [2.24, 2.45) is 9.98 Å². The minimum absolute atomic E-state index is 0. The van der Waals surface area contributed by atoms with Crippen LogP contribution in [0.5, 0.6) is 0 Å². The monoisotopic (exact) mass is 486 g/mol. The third-order valence-corrected chi connectivity index (χ3v) is 6.17. The summed E-state index contributed by atoms with van der Waals surface area (Å²) < 4.78 is 62.8. The van der Waals surface area contributed by atoms with Gasteiger partial charge >= 0.3 is 37.7 Å². The predicted molar refractivity (Wildman–Crippen MR) is 105 cm³/mol. The number of nitrogens with zero attached hydrogens (tertiary/aromatic N) is 2. The van der Waals surface area contributed by atoms with Crippen molar-refractivity contribution in [2.75, 3.05) is 0 Å². The summed E-state index contributed by atoms with van der Waals surface area (Å²) in [7, 11) is -8.82. The Morgan fingerprint density at radius 2 is 0.903 bits per heavy atom. The van der Waals surface area contributed by atoms with Crippen molar-refractivity contribution in [2.45, 2.75) is 9.79 Å². The van der Waals surface area contributed by atoms with Crippen LogP contribution in [0, 0.1) is 0 Å². The molecule has 0 saturated heterocycles. The molecule has 0 aliphatic carbocycles. The van der Waals surface area contributed by atoms with Crippen LogP contribution >= 0.6 is 0 Å². The molecular weight excluding hydrogens is 476 g/mol. The van der Waals surface area contributed by atoms with Crippen molar-refractivity contribution >= 4 is 69.4 Å². The van der Waals surface area contributed by atoms with E-state index in [9.17, 15) is 27.0 Å². The fourth-order valence-corrected chi connectivity index (χ4v) is 4.03. The molecule has 10 nitrogen and oxygen atoms in total. The van der Waals surface area contributed by atoms with Gasteiger partial charge in [0.05, 0.1) is 21.2 Å². The van der Waals surface area contributed by atoms with Crippen LogP contribution in [-0.4, -0.2) is 75.1 Å². The number of fused-ring (bicyclic) bond motifs is 1. The van der Waals surface area contributed by atoms with Gasteiger partial charge in [-0.1, -0.05) is 24.3 Å². The molecule has 2 aliphatic heterocycles. The Balaban J connectivity index is 0.00000272. The molecule has 2 aromatic carbocycles. The van der Waals surface area contributed by atoms with Gasteiger partial charge in [0, 0.05) is 22.3 Å². The summed E-state index contributed by atoms with van der Waals surface area (Å²) in [5.74, 6) is -1.47. The Hall–Kier alpha value is -2.06. The van der Waals surface area contributed by atoms with E-state index >= 15 is 0 Å². The van der Waals surface area contributed by atoms with Gasteiger partial charge < -0.3 is 10.2 Å². The maximum absolute atomic E-state index is 12.5. The van der Waals surface area contributed by atoms with E-state index in [1.54, 1.807) is 0 Å². The van der Waals surface area contributed by atoms with Gasteiger partial charge in [-0.15, -0.1) is 0 Å². The average Bonchev–Trinajstić information content (AvgIpc) is 3.19. The Kier molecular flexibility index (Phi) is 6.19. The normalized spacial score (nSPS) is 16.1. The first-order valence-corrected chi connectivity index (χ1v) is 11.0. The van der Waals surface area contributed by atoms with Crippen molar-refractivity contribution in [3.63, 3.8) is 0 Å². The van der Waals surface area contributed by atoms with Crippen LogP contribution < -0.4 is 10.2 Å². The molecule has 0 amide bonds. The minimum atomic E-state index is -4.41. The number of benzene rings is 2. The van der Waals surface area contributed by atoms with Crippen LogP contribution in [0.1, 0.15) is 11.1 Å². The van der Waals surface area contributed by atoms with Crippen molar-refractivity contribution in [1.82, 2.24) is 0 Å². The molecule has 2 N–H and O–H groups in total. The van der Waals surface area contributed by atoms with Crippen LogP contribution in [0.15, 0.2) is 91.2 Å². The Morgan fingerprint density at radius 1 is 0.613 bits per heavy atom. The second-order valence-electron chi connectivity index (χ2n) is 6.28. The Labute approximate surface area is 206 Å². The average molecular weight is 486 g/mol. The summed E-state index contributed by atoms with van der Waals surface area (Å²) in [6.45, 7) is 0. The van der Waals surface area contributed by atoms with E-state index in [1.807, 2.05) is 0 Å². The summed E-state index contributed by atoms with van der Waals surface area (Å²) in [4.78, 5) is 7.02. The molecule has 0 spiro atoms. The molecule has 0 bridgehead atoms. The van der Waals surface area contributed by atoms with E-state index in [-0.39, 0.29) is 81.2 Å². The molecule has 2 aliphatic rings. The van der Waals surface area contributed by atoms with Crippen LogP contribution in [-0.2, 0) is 20.2 Å². The number of rotatable bonds is 4. The van der Waals surface area contributed by atoms with E-state index < -0.39 is 32.0 Å². The van der Waals surface area contributed by atoms with Crippen molar-refractivity contribution in [1.29, 1.82) is 0 Å². The summed E-state index contributed by atoms with van der Waals surface area (Å²) in [6, 6.07) is 9.57. The molecule has 0 atom stereocenters.